The SMILES string of the molecule is C[C@]1(C2CC2)NC(=O)N(C[NH+]2CC[NH+](Cc3ccc(Cl)cc3)CC2)C1=O. The lowest BCUT2D eigenvalue weighted by Gasteiger charge is -2.31. The number of imide groups is 1. The van der Waals surface area contributed by atoms with E-state index in [0.29, 0.717) is 12.6 Å². The lowest BCUT2D eigenvalue weighted by molar-refractivity contribution is -1.02. The minimum absolute atomic E-state index is 0.0339. The van der Waals surface area contributed by atoms with E-state index in [-0.39, 0.29) is 11.9 Å². The second-order valence-electron chi connectivity index (χ2n) is 8.10. The fourth-order valence-electron chi connectivity index (χ4n) is 4.20. The van der Waals surface area contributed by atoms with E-state index in [1.54, 1.807) is 0 Å². The number of rotatable bonds is 5. The first kappa shape index (κ1) is 17.8. The lowest BCUT2D eigenvalue weighted by Crippen LogP contribution is -3.28. The molecule has 2 heterocycles. The summed E-state index contributed by atoms with van der Waals surface area (Å²) in [5.74, 6) is 0.285. The minimum Gasteiger partial charge on any atom is -0.323 e. The second kappa shape index (κ2) is 6.83. The van der Waals surface area contributed by atoms with Gasteiger partial charge in [-0.2, -0.15) is 0 Å². The Morgan fingerprint density at radius 3 is 2.35 bits per heavy atom. The van der Waals surface area contributed by atoms with Gasteiger partial charge in [-0.1, -0.05) is 23.7 Å². The summed E-state index contributed by atoms with van der Waals surface area (Å²) >= 11 is 5.95. The van der Waals surface area contributed by atoms with Gasteiger partial charge in [-0.05, 0) is 37.8 Å². The van der Waals surface area contributed by atoms with Crippen molar-refractivity contribution in [3.8, 4) is 0 Å². The number of halogens is 1. The van der Waals surface area contributed by atoms with Crippen molar-refractivity contribution < 1.29 is 19.4 Å². The predicted molar refractivity (Wildman–Crippen MR) is 97.9 cm³/mol. The van der Waals surface area contributed by atoms with E-state index in [1.165, 1.54) is 20.3 Å². The fraction of sp³-hybridized carbons (Fsp3) is 0.579. The molecule has 6 nitrogen and oxygen atoms in total. The van der Waals surface area contributed by atoms with Crippen molar-refractivity contribution in [3.05, 3.63) is 34.9 Å². The standard InChI is InChI=1S/C19H25ClN4O2/c1-19(15-4-5-15)17(25)24(18(26)21-19)13-23-10-8-22(9-11-23)12-14-2-6-16(20)7-3-14/h2-3,6-7,15H,4-5,8-13H2,1H3,(H,21,26)/p+2/t19-/m1/s1. The number of urea groups is 1. The van der Waals surface area contributed by atoms with Crippen LogP contribution in [-0.4, -0.2) is 55.2 Å². The van der Waals surface area contributed by atoms with Crippen molar-refractivity contribution in [3.63, 3.8) is 0 Å². The Morgan fingerprint density at radius 1 is 1.12 bits per heavy atom. The molecule has 1 aromatic carbocycles. The van der Waals surface area contributed by atoms with Crippen LogP contribution in [0.25, 0.3) is 0 Å². The third-order valence-corrected chi connectivity index (χ3v) is 6.36. The Labute approximate surface area is 159 Å². The third kappa shape index (κ3) is 3.46. The number of benzene rings is 1. The van der Waals surface area contributed by atoms with Gasteiger partial charge in [0.1, 0.15) is 38.3 Å². The molecule has 3 N–H and O–H groups in total. The van der Waals surface area contributed by atoms with Gasteiger partial charge in [0.25, 0.3) is 5.91 Å². The van der Waals surface area contributed by atoms with E-state index in [1.807, 2.05) is 19.1 Å². The number of nitrogens with zero attached hydrogens (tertiary/aromatic N) is 1. The summed E-state index contributed by atoms with van der Waals surface area (Å²) < 4.78 is 0. The van der Waals surface area contributed by atoms with Crippen LogP contribution in [0.5, 0.6) is 0 Å². The second-order valence-corrected chi connectivity index (χ2v) is 8.54. The molecule has 26 heavy (non-hydrogen) atoms. The molecule has 1 aromatic rings. The van der Waals surface area contributed by atoms with Crippen LogP contribution in [0, 0.1) is 5.92 Å². The molecule has 2 aliphatic heterocycles. The van der Waals surface area contributed by atoms with Gasteiger partial charge in [0.15, 0.2) is 6.67 Å². The van der Waals surface area contributed by atoms with Gasteiger partial charge in [-0.25, -0.2) is 9.69 Å². The molecule has 1 saturated carbocycles. The molecule has 0 aromatic heterocycles. The maximum Gasteiger partial charge on any atom is 0.329 e. The highest BCUT2D eigenvalue weighted by molar-refractivity contribution is 6.30. The van der Waals surface area contributed by atoms with Gasteiger partial charge in [0.05, 0.1) is 0 Å². The van der Waals surface area contributed by atoms with Gasteiger partial charge in [0.2, 0.25) is 0 Å². The number of hydrogen-bond donors (Lipinski definition) is 3. The van der Waals surface area contributed by atoms with Crippen LogP contribution >= 0.6 is 11.6 Å². The molecule has 0 bridgehead atoms. The molecular formula is C19H27ClN4O2+2. The fourth-order valence-corrected chi connectivity index (χ4v) is 4.33. The van der Waals surface area contributed by atoms with Crippen LogP contribution in [0.4, 0.5) is 4.79 Å². The average Bonchev–Trinajstić information content (AvgIpc) is 3.45. The molecule has 140 valence electrons. The van der Waals surface area contributed by atoms with Gasteiger partial charge in [-0.15, -0.1) is 0 Å². The molecule has 3 fully saturated rings. The molecule has 0 unspecified atom stereocenters. The molecule has 4 rings (SSSR count). The van der Waals surface area contributed by atoms with Crippen molar-refractivity contribution in [2.24, 2.45) is 5.92 Å². The van der Waals surface area contributed by atoms with Gasteiger partial charge in [-0.3, -0.25) is 4.79 Å². The number of carbonyl (C=O) groups excluding carboxylic acids is 2. The van der Waals surface area contributed by atoms with Crippen LogP contribution in [0.2, 0.25) is 5.02 Å². The Kier molecular flexibility index (Phi) is 4.67. The number of quaternary nitrogens is 2. The Balaban J connectivity index is 1.29. The van der Waals surface area contributed by atoms with Gasteiger partial charge >= 0.3 is 6.03 Å². The molecule has 3 aliphatic rings. The summed E-state index contributed by atoms with van der Waals surface area (Å²) in [6.45, 7) is 7.40. The lowest BCUT2D eigenvalue weighted by atomic mass is 9.96. The van der Waals surface area contributed by atoms with E-state index < -0.39 is 5.54 Å². The molecule has 0 spiro atoms. The van der Waals surface area contributed by atoms with Crippen molar-refractivity contribution >= 4 is 23.5 Å². The zero-order valence-electron chi connectivity index (χ0n) is 15.2. The van der Waals surface area contributed by atoms with E-state index in [2.05, 4.69) is 17.4 Å². The zero-order valence-corrected chi connectivity index (χ0v) is 15.9. The number of carbonyl (C=O) groups is 2. The van der Waals surface area contributed by atoms with Crippen LogP contribution < -0.4 is 15.1 Å². The molecule has 1 atom stereocenters. The summed E-state index contributed by atoms with van der Waals surface area (Å²) in [6.07, 6.45) is 2.08. The molecule has 0 radical (unpaired) electrons. The van der Waals surface area contributed by atoms with Crippen molar-refractivity contribution in [1.29, 1.82) is 0 Å². The first-order valence-electron chi connectivity index (χ1n) is 9.51. The number of nitrogens with one attached hydrogen (secondary N) is 3. The monoisotopic (exact) mass is 378 g/mol. The number of amides is 3. The van der Waals surface area contributed by atoms with Crippen LogP contribution in [0.3, 0.4) is 0 Å². The van der Waals surface area contributed by atoms with Gasteiger partial charge < -0.3 is 15.1 Å². The normalized spacial score (nSPS) is 32.0. The summed E-state index contributed by atoms with van der Waals surface area (Å²) in [5, 5.41) is 3.70. The summed E-state index contributed by atoms with van der Waals surface area (Å²) in [4.78, 5) is 29.3. The number of hydrogen-bond acceptors (Lipinski definition) is 2. The first-order valence-corrected chi connectivity index (χ1v) is 9.89. The Hall–Kier alpha value is -1.63. The molecular weight excluding hydrogens is 352 g/mol. The molecule has 2 saturated heterocycles. The van der Waals surface area contributed by atoms with Crippen molar-refractivity contribution in [2.45, 2.75) is 31.8 Å². The molecule has 1 aliphatic carbocycles. The summed E-state index contributed by atoms with van der Waals surface area (Å²) in [6, 6.07) is 7.83. The van der Waals surface area contributed by atoms with Crippen molar-refractivity contribution in [1.82, 2.24) is 10.2 Å². The Bertz CT molecular complexity index is 698. The highest BCUT2D eigenvalue weighted by atomic mass is 35.5. The van der Waals surface area contributed by atoms with Crippen LogP contribution in [0.15, 0.2) is 24.3 Å². The third-order valence-electron chi connectivity index (χ3n) is 6.11. The van der Waals surface area contributed by atoms with E-state index in [0.717, 1.165) is 50.6 Å². The smallest absolute Gasteiger partial charge is 0.323 e. The molecule has 7 heteroatoms. The largest absolute Gasteiger partial charge is 0.329 e. The summed E-state index contributed by atoms with van der Waals surface area (Å²) in [7, 11) is 0. The van der Waals surface area contributed by atoms with Crippen LogP contribution in [0.1, 0.15) is 25.3 Å². The Morgan fingerprint density at radius 2 is 1.73 bits per heavy atom. The zero-order chi connectivity index (χ0) is 18.3. The number of piperazine rings is 1. The predicted octanol–water partition coefficient (Wildman–Crippen LogP) is -0.699. The topological polar surface area (TPSA) is 58.3 Å². The maximum atomic E-state index is 12.7. The van der Waals surface area contributed by atoms with E-state index in [4.69, 9.17) is 11.6 Å². The maximum absolute atomic E-state index is 12.7. The van der Waals surface area contributed by atoms with E-state index in [9.17, 15) is 9.59 Å². The minimum atomic E-state index is -0.668. The van der Waals surface area contributed by atoms with Crippen LogP contribution in [-0.2, 0) is 11.3 Å². The average molecular weight is 379 g/mol. The molecule has 3 amide bonds. The quantitative estimate of drug-likeness (QED) is 0.594. The highest BCUT2D eigenvalue weighted by Gasteiger charge is 2.56. The van der Waals surface area contributed by atoms with Crippen molar-refractivity contribution in [2.75, 3.05) is 32.8 Å². The van der Waals surface area contributed by atoms with Gasteiger partial charge in [0, 0.05) is 10.6 Å². The first-order chi connectivity index (χ1) is 12.5. The summed E-state index contributed by atoms with van der Waals surface area (Å²) in [5.41, 5.74) is 0.625. The highest BCUT2D eigenvalue weighted by Crippen LogP contribution is 2.42. The van der Waals surface area contributed by atoms with E-state index >= 15 is 0 Å².